The Morgan fingerprint density at radius 3 is 2.39 bits per heavy atom. The number of benzene rings is 2. The summed E-state index contributed by atoms with van der Waals surface area (Å²) in [6.07, 6.45) is 3.18. The molecule has 0 saturated carbocycles. The van der Waals surface area contributed by atoms with Crippen LogP contribution in [0, 0.1) is 5.82 Å². The van der Waals surface area contributed by atoms with Gasteiger partial charge in [0.1, 0.15) is 5.82 Å². The van der Waals surface area contributed by atoms with Gasteiger partial charge in [0.05, 0.1) is 4.90 Å². The second kappa shape index (κ2) is 8.73. The molecule has 1 amide bonds. The average Bonchev–Trinajstić information content (AvgIpc) is 2.72. The minimum Gasteiger partial charge on any atom is -0.348 e. The summed E-state index contributed by atoms with van der Waals surface area (Å²) in [5, 5.41) is 2.61. The molecule has 0 spiro atoms. The first-order valence-electron chi connectivity index (χ1n) is 8.46. The van der Waals surface area contributed by atoms with Crippen LogP contribution in [0.3, 0.4) is 0 Å². The molecule has 0 radical (unpaired) electrons. The van der Waals surface area contributed by atoms with E-state index in [4.69, 9.17) is 0 Å². The highest BCUT2D eigenvalue weighted by Gasteiger charge is 2.15. The molecule has 28 heavy (non-hydrogen) atoms. The van der Waals surface area contributed by atoms with Crippen LogP contribution in [-0.2, 0) is 23.1 Å². The summed E-state index contributed by atoms with van der Waals surface area (Å²) in [5.74, 6) is -0.820. The van der Waals surface area contributed by atoms with Crippen molar-refractivity contribution in [2.24, 2.45) is 0 Å². The van der Waals surface area contributed by atoms with Crippen LogP contribution in [0.1, 0.15) is 21.5 Å². The molecule has 0 aliphatic carbocycles. The van der Waals surface area contributed by atoms with Crippen molar-refractivity contribution in [3.63, 3.8) is 0 Å². The minimum atomic E-state index is -3.72. The van der Waals surface area contributed by atoms with E-state index in [1.807, 2.05) is 0 Å². The van der Waals surface area contributed by atoms with E-state index in [1.54, 1.807) is 42.7 Å². The molecule has 0 aliphatic rings. The zero-order chi connectivity index (χ0) is 20.0. The van der Waals surface area contributed by atoms with Gasteiger partial charge in [0.15, 0.2) is 0 Å². The van der Waals surface area contributed by atoms with E-state index < -0.39 is 21.7 Å². The van der Waals surface area contributed by atoms with E-state index in [2.05, 4.69) is 15.0 Å². The van der Waals surface area contributed by atoms with E-state index in [1.165, 1.54) is 30.3 Å². The van der Waals surface area contributed by atoms with Crippen molar-refractivity contribution in [3.8, 4) is 0 Å². The predicted molar refractivity (Wildman–Crippen MR) is 102 cm³/mol. The summed E-state index contributed by atoms with van der Waals surface area (Å²) in [6, 6.07) is 15.2. The lowest BCUT2D eigenvalue weighted by molar-refractivity contribution is 0.0950. The molecule has 0 aliphatic heterocycles. The monoisotopic (exact) mass is 399 g/mol. The van der Waals surface area contributed by atoms with Crippen LogP contribution in [0.25, 0.3) is 0 Å². The molecule has 0 bridgehead atoms. The summed E-state index contributed by atoms with van der Waals surface area (Å²) >= 11 is 0. The van der Waals surface area contributed by atoms with Gasteiger partial charge in [-0.15, -0.1) is 0 Å². The van der Waals surface area contributed by atoms with Crippen LogP contribution in [0.5, 0.6) is 0 Å². The van der Waals surface area contributed by atoms with Gasteiger partial charge >= 0.3 is 0 Å². The standard InChI is InChI=1S/C20H18FN3O3S/c21-19-6-2-1-5-17(19)14-23-20(25)16-7-9-18(10-8-16)28(26,27)24-13-15-4-3-11-22-12-15/h1-12,24H,13-14H2,(H,23,25). The molecule has 3 rings (SSSR count). The summed E-state index contributed by atoms with van der Waals surface area (Å²) in [5.41, 5.74) is 1.38. The first-order chi connectivity index (χ1) is 13.5. The number of rotatable bonds is 7. The van der Waals surface area contributed by atoms with Gasteiger partial charge < -0.3 is 5.32 Å². The molecule has 0 saturated heterocycles. The summed E-state index contributed by atoms with van der Waals surface area (Å²) < 4.78 is 40.8. The van der Waals surface area contributed by atoms with Gasteiger partial charge in [0.2, 0.25) is 10.0 Å². The fourth-order valence-electron chi connectivity index (χ4n) is 2.47. The minimum absolute atomic E-state index is 0.0399. The molecule has 8 heteroatoms. The summed E-state index contributed by atoms with van der Waals surface area (Å²) in [7, 11) is -3.72. The van der Waals surface area contributed by atoms with Gasteiger partial charge in [0.25, 0.3) is 5.91 Å². The van der Waals surface area contributed by atoms with Crippen LogP contribution >= 0.6 is 0 Å². The Kier molecular flexibility index (Phi) is 6.13. The van der Waals surface area contributed by atoms with Crippen molar-refractivity contribution >= 4 is 15.9 Å². The third kappa shape index (κ3) is 4.99. The normalized spacial score (nSPS) is 11.2. The molecular weight excluding hydrogens is 381 g/mol. The third-order valence-electron chi connectivity index (χ3n) is 4.01. The Labute approximate surface area is 162 Å². The molecule has 144 valence electrons. The van der Waals surface area contributed by atoms with E-state index >= 15 is 0 Å². The number of hydrogen-bond acceptors (Lipinski definition) is 4. The first-order valence-corrected chi connectivity index (χ1v) is 9.94. The fourth-order valence-corrected chi connectivity index (χ4v) is 3.49. The van der Waals surface area contributed by atoms with Gasteiger partial charge in [-0.2, -0.15) is 0 Å². The molecule has 3 aromatic rings. The van der Waals surface area contributed by atoms with Crippen LogP contribution in [0.15, 0.2) is 78.0 Å². The highest BCUT2D eigenvalue weighted by atomic mass is 32.2. The van der Waals surface area contributed by atoms with Crippen LogP contribution in [0.4, 0.5) is 4.39 Å². The second-order valence-corrected chi connectivity index (χ2v) is 7.75. The first kappa shape index (κ1) is 19.7. The van der Waals surface area contributed by atoms with Gasteiger partial charge in [-0.25, -0.2) is 17.5 Å². The van der Waals surface area contributed by atoms with E-state index in [0.29, 0.717) is 5.56 Å². The number of hydrogen-bond donors (Lipinski definition) is 2. The molecule has 0 fully saturated rings. The summed E-state index contributed by atoms with van der Waals surface area (Å²) in [6.45, 7) is 0.152. The zero-order valence-electron chi connectivity index (χ0n) is 14.8. The number of sulfonamides is 1. The number of carbonyl (C=O) groups is 1. The van der Waals surface area contributed by atoms with Crippen LogP contribution < -0.4 is 10.0 Å². The molecule has 0 unspecified atom stereocenters. The Balaban J connectivity index is 1.62. The lowest BCUT2D eigenvalue weighted by Gasteiger charge is -2.09. The van der Waals surface area contributed by atoms with Crippen LogP contribution in [-0.4, -0.2) is 19.3 Å². The van der Waals surface area contributed by atoms with Gasteiger partial charge in [0, 0.05) is 36.6 Å². The maximum Gasteiger partial charge on any atom is 0.251 e. The van der Waals surface area contributed by atoms with Crippen molar-refractivity contribution < 1.29 is 17.6 Å². The van der Waals surface area contributed by atoms with E-state index in [9.17, 15) is 17.6 Å². The van der Waals surface area contributed by atoms with Crippen molar-refractivity contribution in [1.29, 1.82) is 0 Å². The van der Waals surface area contributed by atoms with E-state index in [0.717, 1.165) is 5.56 Å². The Hall–Kier alpha value is -3.10. The second-order valence-electron chi connectivity index (χ2n) is 5.98. The predicted octanol–water partition coefficient (Wildman–Crippen LogP) is 2.63. The lowest BCUT2D eigenvalue weighted by atomic mass is 10.2. The largest absolute Gasteiger partial charge is 0.348 e. The summed E-state index contributed by atoms with van der Waals surface area (Å²) in [4.78, 5) is 16.2. The molecule has 2 N–H and O–H groups in total. The molecule has 1 aromatic heterocycles. The molecule has 1 heterocycles. The number of nitrogens with one attached hydrogen (secondary N) is 2. The fraction of sp³-hybridized carbons (Fsp3) is 0.100. The molecule has 0 atom stereocenters. The Morgan fingerprint density at radius 2 is 1.71 bits per heavy atom. The van der Waals surface area contributed by atoms with Crippen molar-refractivity contribution in [1.82, 2.24) is 15.0 Å². The van der Waals surface area contributed by atoms with Gasteiger partial charge in [-0.05, 0) is 42.0 Å². The quantitative estimate of drug-likeness (QED) is 0.639. The molecule has 2 aromatic carbocycles. The lowest BCUT2D eigenvalue weighted by Crippen LogP contribution is -2.24. The smallest absolute Gasteiger partial charge is 0.251 e. The molecular formula is C20H18FN3O3S. The zero-order valence-corrected chi connectivity index (χ0v) is 15.6. The van der Waals surface area contributed by atoms with Crippen molar-refractivity contribution in [2.75, 3.05) is 0 Å². The van der Waals surface area contributed by atoms with Crippen molar-refractivity contribution in [2.45, 2.75) is 18.0 Å². The Bertz CT molecular complexity index is 1060. The number of halogens is 1. The number of amides is 1. The van der Waals surface area contributed by atoms with Crippen molar-refractivity contribution in [3.05, 3.63) is 95.6 Å². The Morgan fingerprint density at radius 1 is 0.964 bits per heavy atom. The van der Waals surface area contributed by atoms with Crippen LogP contribution in [0.2, 0.25) is 0 Å². The average molecular weight is 399 g/mol. The third-order valence-corrected chi connectivity index (χ3v) is 5.43. The van der Waals surface area contributed by atoms with E-state index in [-0.39, 0.29) is 23.5 Å². The highest BCUT2D eigenvalue weighted by Crippen LogP contribution is 2.12. The highest BCUT2D eigenvalue weighted by molar-refractivity contribution is 7.89. The SMILES string of the molecule is O=C(NCc1ccccc1F)c1ccc(S(=O)(=O)NCc2cccnc2)cc1. The number of aromatic nitrogens is 1. The number of nitrogens with zero attached hydrogens (tertiary/aromatic N) is 1. The maximum absolute atomic E-state index is 13.6. The van der Waals surface area contributed by atoms with Gasteiger partial charge in [-0.1, -0.05) is 24.3 Å². The topological polar surface area (TPSA) is 88.2 Å². The number of carbonyl (C=O) groups excluding carboxylic acids is 1. The van der Waals surface area contributed by atoms with Gasteiger partial charge in [-0.3, -0.25) is 9.78 Å². The number of pyridine rings is 1. The maximum atomic E-state index is 13.6. The molecule has 6 nitrogen and oxygen atoms in total.